The molecule has 0 saturated heterocycles. The molecule has 0 radical (unpaired) electrons. The summed E-state index contributed by atoms with van der Waals surface area (Å²) in [7, 11) is 0. The molecule has 3 N–H and O–H groups in total. The third-order valence-electron chi connectivity index (χ3n) is 2.51. The zero-order valence-corrected chi connectivity index (χ0v) is 9.11. The van der Waals surface area contributed by atoms with Crippen molar-refractivity contribution in [3.8, 4) is 0 Å². The Bertz CT molecular complexity index is 267. The van der Waals surface area contributed by atoms with Gasteiger partial charge in [0.15, 0.2) is 0 Å². The first-order chi connectivity index (χ1) is 7.30. The summed E-state index contributed by atoms with van der Waals surface area (Å²) < 4.78 is 0. The molecule has 1 atom stereocenters. The number of benzene rings is 1. The molecule has 0 heterocycles. The average molecular weight is 209 g/mol. The predicted molar refractivity (Wildman–Crippen MR) is 60.4 cm³/mol. The molecule has 1 unspecified atom stereocenters. The number of hydrogen-bond acceptors (Lipinski definition) is 3. The molecule has 1 rings (SSSR count). The van der Waals surface area contributed by atoms with Gasteiger partial charge in [-0.1, -0.05) is 31.2 Å². The van der Waals surface area contributed by atoms with Crippen LogP contribution in [0.25, 0.3) is 0 Å². The number of hydrogen-bond donors (Lipinski definition) is 3. The molecule has 3 nitrogen and oxygen atoms in total. The minimum absolute atomic E-state index is 0.0853. The molecule has 15 heavy (non-hydrogen) atoms. The molecular weight excluding hydrogens is 190 g/mol. The van der Waals surface area contributed by atoms with Gasteiger partial charge in [-0.3, -0.25) is 0 Å². The van der Waals surface area contributed by atoms with Gasteiger partial charge in [0.2, 0.25) is 0 Å². The van der Waals surface area contributed by atoms with Gasteiger partial charge in [0.05, 0.1) is 13.2 Å². The van der Waals surface area contributed by atoms with Crippen molar-refractivity contribution in [1.82, 2.24) is 5.32 Å². The van der Waals surface area contributed by atoms with E-state index in [1.54, 1.807) is 0 Å². The second-order valence-electron chi connectivity index (χ2n) is 3.64. The molecule has 0 bridgehead atoms. The second-order valence-corrected chi connectivity index (χ2v) is 3.64. The minimum atomic E-state index is 0.0853. The zero-order chi connectivity index (χ0) is 11.1. The topological polar surface area (TPSA) is 52.5 Å². The molecule has 84 valence electrons. The normalized spacial score (nSPS) is 12.7. The fourth-order valence-corrected chi connectivity index (χ4v) is 1.36. The second kappa shape index (κ2) is 6.56. The van der Waals surface area contributed by atoms with Crippen molar-refractivity contribution < 1.29 is 10.2 Å². The monoisotopic (exact) mass is 209 g/mol. The summed E-state index contributed by atoms with van der Waals surface area (Å²) in [6.07, 6.45) is 0.922. The van der Waals surface area contributed by atoms with Crippen LogP contribution >= 0.6 is 0 Å². The summed E-state index contributed by atoms with van der Waals surface area (Å²) in [6.45, 7) is 3.06. The highest BCUT2D eigenvalue weighted by molar-refractivity contribution is 5.21. The molecule has 0 saturated carbocycles. The van der Waals surface area contributed by atoms with Crippen LogP contribution in [0.15, 0.2) is 24.3 Å². The summed E-state index contributed by atoms with van der Waals surface area (Å²) in [5.74, 6) is 0. The number of nitrogens with one attached hydrogen (secondary N) is 1. The van der Waals surface area contributed by atoms with Crippen LogP contribution in [0.5, 0.6) is 0 Å². The highest BCUT2D eigenvalue weighted by Crippen LogP contribution is 2.04. The Balaban J connectivity index is 2.43. The fraction of sp³-hybridized carbons (Fsp3) is 0.500. The Morgan fingerprint density at radius 1 is 1.13 bits per heavy atom. The van der Waals surface area contributed by atoms with Crippen molar-refractivity contribution in [2.75, 3.05) is 6.61 Å². The lowest BCUT2D eigenvalue weighted by molar-refractivity contribution is 0.238. The third-order valence-corrected chi connectivity index (χ3v) is 2.51. The largest absolute Gasteiger partial charge is 0.395 e. The van der Waals surface area contributed by atoms with Gasteiger partial charge >= 0.3 is 0 Å². The Morgan fingerprint density at radius 2 is 1.73 bits per heavy atom. The maximum atomic E-state index is 8.99. The Kier molecular flexibility index (Phi) is 5.32. The molecule has 0 aromatic heterocycles. The Hall–Kier alpha value is -0.900. The van der Waals surface area contributed by atoms with Crippen LogP contribution in [0.2, 0.25) is 0 Å². The van der Waals surface area contributed by atoms with Crippen molar-refractivity contribution in [1.29, 1.82) is 0 Å². The summed E-state index contributed by atoms with van der Waals surface area (Å²) in [6, 6.07) is 7.97. The van der Waals surface area contributed by atoms with Gasteiger partial charge in [0.25, 0.3) is 0 Å². The van der Waals surface area contributed by atoms with E-state index in [1.807, 2.05) is 31.2 Å². The first-order valence-corrected chi connectivity index (χ1v) is 5.33. The van der Waals surface area contributed by atoms with E-state index in [2.05, 4.69) is 5.32 Å². The van der Waals surface area contributed by atoms with Crippen LogP contribution in [-0.4, -0.2) is 22.9 Å². The maximum Gasteiger partial charge on any atom is 0.0681 e. The van der Waals surface area contributed by atoms with Gasteiger partial charge in [-0.2, -0.15) is 0 Å². The quantitative estimate of drug-likeness (QED) is 0.656. The molecule has 1 aromatic carbocycles. The standard InChI is InChI=1S/C12H19NO2/c1-2-12(9-15)13-7-10-3-5-11(8-14)6-4-10/h3-6,12-15H,2,7-9H2,1H3. The highest BCUT2D eigenvalue weighted by atomic mass is 16.3. The highest BCUT2D eigenvalue weighted by Gasteiger charge is 2.02. The molecule has 0 aliphatic carbocycles. The van der Waals surface area contributed by atoms with Gasteiger partial charge in [0, 0.05) is 12.6 Å². The van der Waals surface area contributed by atoms with Gasteiger partial charge in [-0.15, -0.1) is 0 Å². The van der Waals surface area contributed by atoms with E-state index in [9.17, 15) is 0 Å². The molecule has 0 spiro atoms. The van der Waals surface area contributed by atoms with Crippen LogP contribution in [0.3, 0.4) is 0 Å². The lowest BCUT2D eigenvalue weighted by atomic mass is 10.1. The van der Waals surface area contributed by atoms with E-state index in [0.717, 1.165) is 18.5 Å². The van der Waals surface area contributed by atoms with Gasteiger partial charge in [-0.05, 0) is 17.5 Å². The van der Waals surface area contributed by atoms with E-state index in [-0.39, 0.29) is 19.3 Å². The predicted octanol–water partition coefficient (Wildman–Crippen LogP) is 1.04. The van der Waals surface area contributed by atoms with E-state index in [1.165, 1.54) is 5.56 Å². The van der Waals surface area contributed by atoms with Crippen molar-refractivity contribution in [3.63, 3.8) is 0 Å². The molecule has 0 fully saturated rings. The van der Waals surface area contributed by atoms with Crippen LogP contribution in [0.1, 0.15) is 24.5 Å². The third kappa shape index (κ3) is 4.00. The van der Waals surface area contributed by atoms with Gasteiger partial charge < -0.3 is 15.5 Å². The zero-order valence-electron chi connectivity index (χ0n) is 9.11. The molecule has 1 aromatic rings. The van der Waals surface area contributed by atoms with E-state index >= 15 is 0 Å². The van der Waals surface area contributed by atoms with Crippen molar-refractivity contribution >= 4 is 0 Å². The van der Waals surface area contributed by atoms with E-state index in [4.69, 9.17) is 10.2 Å². The van der Waals surface area contributed by atoms with E-state index in [0.29, 0.717) is 0 Å². The molecule has 0 amide bonds. The average Bonchev–Trinajstić information content (AvgIpc) is 2.31. The van der Waals surface area contributed by atoms with Crippen LogP contribution < -0.4 is 5.32 Å². The fourth-order valence-electron chi connectivity index (χ4n) is 1.36. The van der Waals surface area contributed by atoms with Gasteiger partial charge in [-0.25, -0.2) is 0 Å². The summed E-state index contributed by atoms with van der Waals surface area (Å²) in [5.41, 5.74) is 2.09. The minimum Gasteiger partial charge on any atom is -0.395 e. The van der Waals surface area contributed by atoms with Crippen molar-refractivity contribution in [2.24, 2.45) is 0 Å². The Morgan fingerprint density at radius 3 is 2.20 bits per heavy atom. The van der Waals surface area contributed by atoms with Crippen LogP contribution in [-0.2, 0) is 13.2 Å². The van der Waals surface area contributed by atoms with Crippen molar-refractivity contribution in [2.45, 2.75) is 32.5 Å². The smallest absolute Gasteiger partial charge is 0.0681 e. The summed E-state index contributed by atoms with van der Waals surface area (Å²) >= 11 is 0. The first kappa shape index (κ1) is 12.2. The number of aliphatic hydroxyl groups is 2. The first-order valence-electron chi connectivity index (χ1n) is 5.33. The molecule has 0 aliphatic heterocycles. The molecule has 3 heteroatoms. The summed E-state index contributed by atoms with van der Waals surface area (Å²) in [4.78, 5) is 0. The molecule has 0 aliphatic rings. The van der Waals surface area contributed by atoms with Gasteiger partial charge in [0.1, 0.15) is 0 Å². The maximum absolute atomic E-state index is 8.99. The Labute approximate surface area is 90.8 Å². The lowest BCUT2D eigenvalue weighted by Gasteiger charge is -2.13. The van der Waals surface area contributed by atoms with Crippen LogP contribution in [0.4, 0.5) is 0 Å². The lowest BCUT2D eigenvalue weighted by Crippen LogP contribution is -2.31. The van der Waals surface area contributed by atoms with E-state index < -0.39 is 0 Å². The molecular formula is C12H19NO2. The summed E-state index contributed by atoms with van der Waals surface area (Å²) in [5, 5.41) is 21.1. The van der Waals surface area contributed by atoms with Crippen LogP contribution in [0, 0.1) is 0 Å². The van der Waals surface area contributed by atoms with Crippen molar-refractivity contribution in [3.05, 3.63) is 35.4 Å². The SMILES string of the molecule is CCC(CO)NCc1ccc(CO)cc1. The number of rotatable bonds is 6. The number of aliphatic hydroxyl groups excluding tert-OH is 2.